The Morgan fingerprint density at radius 2 is 2.07 bits per heavy atom. The summed E-state index contributed by atoms with van der Waals surface area (Å²) >= 11 is 1.75. The molecule has 1 saturated carbocycles. The molecular weight excluding hydrogens is 192 g/mol. The third-order valence-corrected chi connectivity index (χ3v) is 5.19. The van der Waals surface area contributed by atoms with E-state index < -0.39 is 0 Å². The maximum absolute atomic E-state index is 10.8. The fourth-order valence-electron chi connectivity index (χ4n) is 2.95. The molecular formula is C12H14OS. The van der Waals surface area contributed by atoms with Crippen LogP contribution in [-0.4, -0.2) is 6.29 Å². The molecule has 1 heterocycles. The normalized spacial score (nSPS) is 22.9. The Labute approximate surface area is 88.1 Å². The Kier molecular flexibility index (Phi) is 1.81. The Balaban J connectivity index is 2.09. The molecule has 0 aliphatic heterocycles. The molecule has 0 saturated heterocycles. The van der Waals surface area contributed by atoms with Crippen LogP contribution < -0.4 is 0 Å². The highest BCUT2D eigenvalue weighted by Gasteiger charge is 2.42. The highest BCUT2D eigenvalue weighted by molar-refractivity contribution is 7.14. The topological polar surface area (TPSA) is 17.1 Å². The molecule has 0 atom stereocenters. The van der Waals surface area contributed by atoms with Crippen LogP contribution in [0.4, 0.5) is 0 Å². The molecule has 1 fully saturated rings. The second kappa shape index (κ2) is 2.93. The number of thiophene rings is 1. The van der Waals surface area contributed by atoms with Gasteiger partial charge in [-0.2, -0.15) is 0 Å². The first-order valence-corrected chi connectivity index (χ1v) is 6.24. The number of carbonyl (C=O) groups excluding carboxylic acids is 1. The van der Waals surface area contributed by atoms with Gasteiger partial charge in [0.05, 0.1) is 4.88 Å². The van der Waals surface area contributed by atoms with Crippen LogP contribution in [0.1, 0.15) is 52.2 Å². The minimum Gasteiger partial charge on any atom is -0.297 e. The molecule has 14 heavy (non-hydrogen) atoms. The van der Waals surface area contributed by atoms with Gasteiger partial charge in [0.2, 0.25) is 0 Å². The third kappa shape index (κ3) is 1.04. The summed E-state index contributed by atoms with van der Waals surface area (Å²) in [6.07, 6.45) is 8.99. The first-order chi connectivity index (χ1) is 6.84. The number of fused-ring (bicyclic) bond motifs is 2. The molecule has 2 aliphatic carbocycles. The van der Waals surface area contributed by atoms with E-state index >= 15 is 0 Å². The van der Waals surface area contributed by atoms with Gasteiger partial charge < -0.3 is 0 Å². The molecule has 0 aromatic carbocycles. The van der Waals surface area contributed by atoms with Crippen molar-refractivity contribution in [3.8, 4) is 0 Å². The Bertz CT molecular complexity index is 374. The van der Waals surface area contributed by atoms with Crippen LogP contribution in [0.2, 0.25) is 0 Å². The van der Waals surface area contributed by atoms with Gasteiger partial charge in [-0.15, -0.1) is 11.3 Å². The van der Waals surface area contributed by atoms with Crippen LogP contribution in [0.3, 0.4) is 0 Å². The number of rotatable bonds is 1. The summed E-state index contributed by atoms with van der Waals surface area (Å²) in [6.45, 7) is 0. The van der Waals surface area contributed by atoms with E-state index in [0.717, 1.165) is 11.2 Å². The van der Waals surface area contributed by atoms with Crippen molar-refractivity contribution >= 4 is 17.6 Å². The fourth-order valence-corrected chi connectivity index (χ4v) is 4.25. The van der Waals surface area contributed by atoms with E-state index in [0.29, 0.717) is 5.41 Å². The molecule has 74 valence electrons. The number of hydrogen-bond acceptors (Lipinski definition) is 2. The standard InChI is InChI=1S/C12H14OS/c13-8-10-7-9-3-1-4-12(5-2-6-12)11(9)14-10/h7-8H,1-6H2. The van der Waals surface area contributed by atoms with Crippen molar-refractivity contribution in [2.75, 3.05) is 0 Å². The summed E-state index contributed by atoms with van der Waals surface area (Å²) in [4.78, 5) is 13.2. The largest absolute Gasteiger partial charge is 0.297 e. The van der Waals surface area contributed by atoms with Gasteiger partial charge in [0.25, 0.3) is 0 Å². The molecule has 0 amide bonds. The van der Waals surface area contributed by atoms with Crippen LogP contribution in [-0.2, 0) is 11.8 Å². The van der Waals surface area contributed by atoms with E-state index in [1.165, 1.54) is 44.1 Å². The monoisotopic (exact) mass is 206 g/mol. The van der Waals surface area contributed by atoms with Gasteiger partial charge in [-0.3, -0.25) is 4.79 Å². The van der Waals surface area contributed by atoms with Gasteiger partial charge in [-0.05, 0) is 43.7 Å². The maximum atomic E-state index is 10.8. The summed E-state index contributed by atoms with van der Waals surface area (Å²) in [6, 6.07) is 2.12. The zero-order valence-corrected chi connectivity index (χ0v) is 9.03. The predicted molar refractivity (Wildman–Crippen MR) is 58.2 cm³/mol. The summed E-state index contributed by atoms with van der Waals surface area (Å²) in [5, 5.41) is 0. The molecule has 1 aromatic rings. The molecule has 1 aromatic heterocycles. The second-order valence-corrected chi connectivity index (χ2v) is 5.69. The van der Waals surface area contributed by atoms with Gasteiger partial charge in [0, 0.05) is 10.3 Å². The Morgan fingerprint density at radius 1 is 1.29 bits per heavy atom. The Morgan fingerprint density at radius 3 is 2.71 bits per heavy atom. The number of hydrogen-bond donors (Lipinski definition) is 0. The van der Waals surface area contributed by atoms with Gasteiger partial charge in [0.15, 0.2) is 6.29 Å². The highest BCUT2D eigenvalue weighted by atomic mass is 32.1. The third-order valence-electron chi connectivity index (χ3n) is 3.84. The molecule has 1 spiro atoms. The zero-order valence-electron chi connectivity index (χ0n) is 8.21. The highest BCUT2D eigenvalue weighted by Crippen LogP contribution is 2.53. The molecule has 1 nitrogen and oxygen atoms in total. The maximum Gasteiger partial charge on any atom is 0.160 e. The average Bonchev–Trinajstić information content (AvgIpc) is 2.57. The Hall–Kier alpha value is -0.630. The summed E-state index contributed by atoms with van der Waals surface area (Å²) in [7, 11) is 0. The lowest BCUT2D eigenvalue weighted by Crippen LogP contribution is -2.36. The van der Waals surface area contributed by atoms with E-state index in [2.05, 4.69) is 6.07 Å². The van der Waals surface area contributed by atoms with Crippen molar-refractivity contribution in [3.63, 3.8) is 0 Å². The quantitative estimate of drug-likeness (QED) is 0.644. The van der Waals surface area contributed by atoms with Gasteiger partial charge >= 0.3 is 0 Å². The smallest absolute Gasteiger partial charge is 0.160 e. The lowest BCUT2D eigenvalue weighted by Gasteiger charge is -2.44. The SMILES string of the molecule is O=Cc1cc2c(s1)C1(CCC2)CCC1. The van der Waals surface area contributed by atoms with Crippen LogP contribution in [0, 0.1) is 0 Å². The van der Waals surface area contributed by atoms with Gasteiger partial charge in [-0.25, -0.2) is 0 Å². The van der Waals surface area contributed by atoms with Crippen molar-refractivity contribution in [1.29, 1.82) is 0 Å². The number of aryl methyl sites for hydroxylation is 1. The average molecular weight is 206 g/mol. The first kappa shape index (κ1) is 8.66. The van der Waals surface area contributed by atoms with E-state index in [1.807, 2.05) is 0 Å². The predicted octanol–water partition coefficient (Wildman–Crippen LogP) is 3.32. The van der Waals surface area contributed by atoms with Crippen molar-refractivity contribution in [1.82, 2.24) is 0 Å². The molecule has 0 radical (unpaired) electrons. The van der Waals surface area contributed by atoms with Gasteiger partial charge in [-0.1, -0.05) is 6.42 Å². The number of aldehydes is 1. The van der Waals surface area contributed by atoms with E-state index in [-0.39, 0.29) is 0 Å². The van der Waals surface area contributed by atoms with Crippen molar-refractivity contribution in [3.05, 3.63) is 21.4 Å². The molecule has 3 rings (SSSR count). The molecule has 2 aliphatic rings. The summed E-state index contributed by atoms with van der Waals surface area (Å²) < 4.78 is 0. The first-order valence-electron chi connectivity index (χ1n) is 5.42. The molecule has 2 heteroatoms. The van der Waals surface area contributed by atoms with E-state index in [9.17, 15) is 4.79 Å². The summed E-state index contributed by atoms with van der Waals surface area (Å²) in [5.74, 6) is 0. The van der Waals surface area contributed by atoms with Crippen molar-refractivity contribution in [2.45, 2.75) is 43.9 Å². The van der Waals surface area contributed by atoms with Crippen LogP contribution >= 0.6 is 11.3 Å². The fraction of sp³-hybridized carbons (Fsp3) is 0.583. The second-order valence-electron chi connectivity index (χ2n) is 4.61. The molecule has 0 unspecified atom stereocenters. The van der Waals surface area contributed by atoms with Crippen molar-refractivity contribution in [2.24, 2.45) is 0 Å². The minimum atomic E-state index is 0.513. The van der Waals surface area contributed by atoms with Crippen LogP contribution in [0.15, 0.2) is 6.07 Å². The van der Waals surface area contributed by atoms with Crippen LogP contribution in [0.25, 0.3) is 0 Å². The zero-order chi connectivity index (χ0) is 9.60. The number of carbonyl (C=O) groups is 1. The van der Waals surface area contributed by atoms with E-state index in [1.54, 1.807) is 16.2 Å². The summed E-state index contributed by atoms with van der Waals surface area (Å²) in [5.41, 5.74) is 1.99. The lowest BCUT2D eigenvalue weighted by molar-refractivity contribution is 0.112. The van der Waals surface area contributed by atoms with Crippen molar-refractivity contribution < 1.29 is 4.79 Å². The minimum absolute atomic E-state index is 0.513. The molecule has 0 bridgehead atoms. The molecule has 0 N–H and O–H groups in total. The van der Waals surface area contributed by atoms with E-state index in [4.69, 9.17) is 0 Å². The lowest BCUT2D eigenvalue weighted by atomic mass is 9.62. The van der Waals surface area contributed by atoms with Gasteiger partial charge in [0.1, 0.15) is 0 Å². The van der Waals surface area contributed by atoms with Crippen LogP contribution in [0.5, 0.6) is 0 Å².